The average Bonchev–Trinajstić information content (AvgIpc) is 3.48. The molecule has 1 N–H and O–H groups in total. The molecule has 3 aliphatic heterocycles. The van der Waals surface area contributed by atoms with Crippen LogP contribution in [0, 0.1) is 5.41 Å². The van der Waals surface area contributed by atoms with Crippen molar-refractivity contribution in [3.63, 3.8) is 0 Å². The van der Waals surface area contributed by atoms with Gasteiger partial charge in [-0.15, -0.1) is 0 Å². The molecule has 32 heavy (non-hydrogen) atoms. The highest BCUT2D eigenvalue weighted by Crippen LogP contribution is 2.54. The highest BCUT2D eigenvalue weighted by Gasteiger charge is 2.53. The van der Waals surface area contributed by atoms with E-state index in [1.807, 2.05) is 12.4 Å². The molecule has 0 fully saturated rings. The van der Waals surface area contributed by atoms with Crippen molar-refractivity contribution < 1.29 is 4.79 Å². The van der Waals surface area contributed by atoms with Crippen molar-refractivity contribution in [1.82, 2.24) is 15.1 Å². The first-order valence-electron chi connectivity index (χ1n) is 11.7. The van der Waals surface area contributed by atoms with E-state index in [-0.39, 0.29) is 17.4 Å². The van der Waals surface area contributed by atoms with Gasteiger partial charge in [0.15, 0.2) is 11.9 Å². The maximum absolute atomic E-state index is 13.6. The summed E-state index contributed by atoms with van der Waals surface area (Å²) in [5.74, 6) is 0.244. The highest BCUT2D eigenvalue weighted by atomic mass is 16.1. The zero-order valence-electron chi connectivity index (χ0n) is 19.0. The number of nitrogens with one attached hydrogen (secondary N) is 1. The molecule has 0 saturated heterocycles. The lowest BCUT2D eigenvalue weighted by Gasteiger charge is -2.47. The summed E-state index contributed by atoms with van der Waals surface area (Å²) in [6.45, 7) is 7.53. The van der Waals surface area contributed by atoms with Crippen LogP contribution >= 0.6 is 0 Å². The maximum atomic E-state index is 13.6. The van der Waals surface area contributed by atoms with Crippen molar-refractivity contribution in [3.05, 3.63) is 64.8 Å². The molecule has 0 spiro atoms. The summed E-state index contributed by atoms with van der Waals surface area (Å²) in [5.41, 5.74) is 7.35. The molecule has 0 radical (unpaired) electrons. The van der Waals surface area contributed by atoms with Crippen LogP contribution in [0.1, 0.15) is 57.7 Å². The Balaban J connectivity index is 1.56. The molecule has 1 aromatic heterocycles. The van der Waals surface area contributed by atoms with Crippen LogP contribution in [0.25, 0.3) is 11.1 Å². The predicted molar refractivity (Wildman–Crippen MR) is 123 cm³/mol. The molecule has 4 aliphatic rings. The van der Waals surface area contributed by atoms with E-state index in [0.29, 0.717) is 6.42 Å². The fraction of sp³-hybridized carbons (Fsp3) is 0.462. The van der Waals surface area contributed by atoms with Crippen molar-refractivity contribution >= 4 is 5.78 Å². The summed E-state index contributed by atoms with van der Waals surface area (Å²) in [5, 5.41) is 16.9. The number of nitrogens with zero attached hydrogens (tertiary/aromatic N) is 4. The molecule has 2 aromatic rings. The van der Waals surface area contributed by atoms with Gasteiger partial charge in [0.05, 0.1) is 17.8 Å². The number of fused-ring (bicyclic) bond motifs is 2. The van der Waals surface area contributed by atoms with Gasteiger partial charge in [-0.3, -0.25) is 9.48 Å². The summed E-state index contributed by atoms with van der Waals surface area (Å²) in [6.07, 6.45) is 8.11. The van der Waals surface area contributed by atoms with Gasteiger partial charge in [0.1, 0.15) is 0 Å². The molecule has 6 nitrogen and oxygen atoms in total. The van der Waals surface area contributed by atoms with Gasteiger partial charge in [0.25, 0.3) is 0 Å². The van der Waals surface area contributed by atoms with E-state index in [4.69, 9.17) is 0 Å². The Morgan fingerprint density at radius 3 is 2.97 bits per heavy atom. The minimum absolute atomic E-state index is 0.0556. The monoisotopic (exact) mass is 427 g/mol. The van der Waals surface area contributed by atoms with E-state index in [0.717, 1.165) is 54.6 Å². The summed E-state index contributed by atoms with van der Waals surface area (Å²) in [6, 6.07) is 8.74. The Morgan fingerprint density at radius 2 is 2.12 bits per heavy atom. The Hall–Kier alpha value is -3.02. The second kappa shape index (κ2) is 6.74. The number of aryl methyl sites for hydroxylation is 1. The number of Topliss-reactive ketones (excluding diaryl/α,β-unsaturated/α-hetero) is 1. The molecule has 0 saturated carbocycles. The van der Waals surface area contributed by atoms with Crippen molar-refractivity contribution in [3.8, 4) is 11.1 Å². The van der Waals surface area contributed by atoms with Crippen LogP contribution in [-0.4, -0.2) is 21.7 Å². The molecule has 2 atom stereocenters. The van der Waals surface area contributed by atoms with Crippen LogP contribution in [0.2, 0.25) is 0 Å². The van der Waals surface area contributed by atoms with Crippen molar-refractivity contribution in [2.24, 2.45) is 15.6 Å². The minimum atomic E-state index is -0.505. The van der Waals surface area contributed by atoms with Crippen LogP contribution in [-0.2, 0) is 23.2 Å². The van der Waals surface area contributed by atoms with Gasteiger partial charge in [-0.2, -0.15) is 15.3 Å². The van der Waals surface area contributed by atoms with Gasteiger partial charge >= 0.3 is 0 Å². The largest absolute Gasteiger partial charge is 0.362 e. The summed E-state index contributed by atoms with van der Waals surface area (Å²) in [4.78, 5) is 13.6. The van der Waals surface area contributed by atoms with Gasteiger partial charge in [-0.25, -0.2) is 0 Å². The molecule has 6 rings (SSSR count). The molecule has 0 bridgehead atoms. The first-order chi connectivity index (χ1) is 15.4. The van der Waals surface area contributed by atoms with E-state index in [9.17, 15) is 4.79 Å². The summed E-state index contributed by atoms with van der Waals surface area (Å²) < 4.78 is 2.13. The lowest BCUT2D eigenvalue weighted by Crippen LogP contribution is -2.51. The number of azo groups is 1. The zero-order chi connectivity index (χ0) is 22.1. The number of rotatable bonds is 3. The molecule has 2 unspecified atom stereocenters. The Kier molecular flexibility index (Phi) is 4.14. The number of benzene rings is 1. The minimum Gasteiger partial charge on any atom is -0.362 e. The van der Waals surface area contributed by atoms with Gasteiger partial charge in [0, 0.05) is 41.1 Å². The van der Waals surface area contributed by atoms with Crippen LogP contribution in [0.15, 0.2) is 63.7 Å². The molecular formula is C26H29N5O. The lowest BCUT2D eigenvalue weighted by atomic mass is 9.58. The molecule has 164 valence electrons. The van der Waals surface area contributed by atoms with Crippen LogP contribution in [0.5, 0.6) is 0 Å². The highest BCUT2D eigenvalue weighted by molar-refractivity contribution is 6.01. The predicted octanol–water partition coefficient (Wildman–Crippen LogP) is 5.07. The first-order valence-corrected chi connectivity index (χ1v) is 11.7. The third kappa shape index (κ3) is 2.64. The van der Waals surface area contributed by atoms with Crippen LogP contribution in [0.4, 0.5) is 0 Å². The molecule has 0 amide bonds. The Labute approximate surface area is 188 Å². The topological polar surface area (TPSA) is 71.6 Å². The van der Waals surface area contributed by atoms with Gasteiger partial charge in [-0.1, -0.05) is 39.0 Å². The maximum Gasteiger partial charge on any atom is 0.164 e. The Morgan fingerprint density at radius 1 is 1.25 bits per heavy atom. The zero-order valence-corrected chi connectivity index (χ0v) is 19.0. The second-order valence-electron chi connectivity index (χ2n) is 10.3. The number of carbonyl (C=O) groups excluding carboxylic acids is 1. The smallest absolute Gasteiger partial charge is 0.164 e. The molecule has 1 aromatic carbocycles. The standard InChI is InChI=1S/C26H29N5O/c1-4-26(17-8-5-7-16(11-17)18-14-28-31-10-6-9-21(18)31)19-15-27-30-24(19)29-20-12-25(2,3)13-22(32)23(20)26/h5,7-8,11,14-15,24,29H,4,6,9-10,12-13H2,1-3H3. The number of carbonyl (C=O) groups is 1. The third-order valence-corrected chi connectivity index (χ3v) is 7.71. The van der Waals surface area contributed by atoms with Crippen molar-refractivity contribution in [1.29, 1.82) is 0 Å². The van der Waals surface area contributed by atoms with Gasteiger partial charge in [-0.05, 0) is 48.3 Å². The third-order valence-electron chi connectivity index (χ3n) is 7.71. The normalized spacial score (nSPS) is 27.7. The van der Waals surface area contributed by atoms with Crippen molar-refractivity contribution in [2.45, 2.75) is 71.0 Å². The summed E-state index contributed by atoms with van der Waals surface area (Å²) in [7, 11) is 0. The van der Waals surface area contributed by atoms with E-state index in [2.05, 4.69) is 70.4 Å². The van der Waals surface area contributed by atoms with Gasteiger partial charge in [0.2, 0.25) is 0 Å². The lowest BCUT2D eigenvalue weighted by molar-refractivity contribution is -0.119. The molecule has 4 heterocycles. The second-order valence-corrected chi connectivity index (χ2v) is 10.3. The number of aromatic nitrogens is 2. The van der Waals surface area contributed by atoms with Crippen molar-refractivity contribution in [2.75, 3.05) is 0 Å². The summed E-state index contributed by atoms with van der Waals surface area (Å²) >= 11 is 0. The number of ketones is 1. The Bertz CT molecular complexity index is 1230. The first kappa shape index (κ1) is 19.6. The molecular weight excluding hydrogens is 398 g/mol. The fourth-order valence-corrected chi connectivity index (χ4v) is 6.35. The molecule has 1 aliphatic carbocycles. The number of hydrogen-bond acceptors (Lipinski definition) is 5. The quantitative estimate of drug-likeness (QED) is 0.744. The SMILES string of the molecule is CCC1(c2cccc(-c3cnn4c3CCC4)c2)C2=CN=NC2NC2=C1C(=O)CC(C)(C)C2. The number of allylic oxidation sites excluding steroid dienone is 2. The average molecular weight is 428 g/mol. The van der Waals surface area contributed by atoms with Crippen LogP contribution < -0.4 is 5.32 Å². The van der Waals surface area contributed by atoms with E-state index in [1.54, 1.807) is 0 Å². The van der Waals surface area contributed by atoms with E-state index >= 15 is 0 Å². The fourth-order valence-electron chi connectivity index (χ4n) is 6.35. The van der Waals surface area contributed by atoms with E-state index < -0.39 is 5.41 Å². The molecule has 6 heteroatoms. The number of hydrogen-bond donors (Lipinski definition) is 1. The van der Waals surface area contributed by atoms with E-state index in [1.165, 1.54) is 16.8 Å². The van der Waals surface area contributed by atoms with Crippen LogP contribution in [0.3, 0.4) is 0 Å². The van der Waals surface area contributed by atoms with Gasteiger partial charge < -0.3 is 5.32 Å².